The molecule has 1 aliphatic heterocycles. The molecular weight excluding hydrogens is 456 g/mol. The van der Waals surface area contributed by atoms with E-state index in [1.54, 1.807) is 24.5 Å². The molecular formula is C30H33F2N3O. The molecule has 6 heteroatoms. The second-order valence-electron chi connectivity index (χ2n) is 9.39. The lowest BCUT2D eigenvalue weighted by molar-refractivity contribution is -0.116. The molecule has 3 aromatic rings. The molecule has 1 amide bonds. The second-order valence-corrected chi connectivity index (χ2v) is 9.39. The zero-order valence-corrected chi connectivity index (χ0v) is 20.5. The predicted octanol–water partition coefficient (Wildman–Crippen LogP) is 6.16. The third-order valence-corrected chi connectivity index (χ3v) is 6.84. The van der Waals surface area contributed by atoms with Gasteiger partial charge in [-0.1, -0.05) is 43.2 Å². The molecule has 1 fully saturated rings. The number of hydrogen-bond acceptors (Lipinski definition) is 3. The number of nitrogens with one attached hydrogen (secondary N) is 1. The van der Waals surface area contributed by atoms with Crippen LogP contribution in [0.1, 0.15) is 54.8 Å². The van der Waals surface area contributed by atoms with Crippen LogP contribution in [0.5, 0.6) is 0 Å². The van der Waals surface area contributed by atoms with Crippen LogP contribution < -0.4 is 5.32 Å². The predicted molar refractivity (Wildman–Crippen MR) is 139 cm³/mol. The maximum Gasteiger partial charge on any atom is 0.243 e. The Morgan fingerprint density at radius 3 is 2.19 bits per heavy atom. The monoisotopic (exact) mass is 489 g/mol. The number of hydrogen-bond donors (Lipinski definition) is 1. The molecule has 4 nitrogen and oxygen atoms in total. The molecule has 0 radical (unpaired) electrons. The third kappa shape index (κ3) is 7.56. The molecule has 2 heterocycles. The van der Waals surface area contributed by atoms with Gasteiger partial charge in [-0.05, 0) is 91.4 Å². The Morgan fingerprint density at radius 1 is 0.972 bits per heavy atom. The number of aromatic nitrogens is 1. The Bertz CT molecular complexity index is 1060. The van der Waals surface area contributed by atoms with Gasteiger partial charge >= 0.3 is 0 Å². The van der Waals surface area contributed by atoms with Gasteiger partial charge in [-0.25, -0.2) is 8.78 Å². The first-order chi connectivity index (χ1) is 17.6. The number of rotatable bonds is 10. The van der Waals surface area contributed by atoms with Crippen molar-refractivity contribution in [1.29, 1.82) is 0 Å². The molecule has 0 unspecified atom stereocenters. The summed E-state index contributed by atoms with van der Waals surface area (Å²) in [7, 11) is 0. The summed E-state index contributed by atoms with van der Waals surface area (Å²) in [5.41, 5.74) is 2.95. The topological polar surface area (TPSA) is 45.2 Å². The summed E-state index contributed by atoms with van der Waals surface area (Å²) >= 11 is 0. The highest BCUT2D eigenvalue weighted by atomic mass is 19.1. The summed E-state index contributed by atoms with van der Waals surface area (Å²) in [5.74, 6) is 0.0661. The number of unbranched alkanes of at least 4 members (excludes halogenated alkanes) is 1. The van der Waals surface area contributed by atoms with Gasteiger partial charge in [0.15, 0.2) is 0 Å². The maximum atomic E-state index is 13.5. The van der Waals surface area contributed by atoms with Crippen molar-refractivity contribution >= 4 is 12.0 Å². The van der Waals surface area contributed by atoms with E-state index in [0.29, 0.717) is 12.5 Å². The van der Waals surface area contributed by atoms with Crippen LogP contribution in [0.3, 0.4) is 0 Å². The Hall–Kier alpha value is -3.38. The molecule has 0 aliphatic carbocycles. The molecule has 1 N–H and O–H groups in total. The van der Waals surface area contributed by atoms with Crippen molar-refractivity contribution in [2.45, 2.75) is 38.1 Å². The number of amides is 1. The molecule has 1 aliphatic rings. The van der Waals surface area contributed by atoms with E-state index in [9.17, 15) is 13.6 Å². The van der Waals surface area contributed by atoms with Crippen molar-refractivity contribution in [3.05, 3.63) is 107 Å². The highest BCUT2D eigenvalue weighted by Gasteiger charge is 2.27. The fourth-order valence-electron chi connectivity index (χ4n) is 4.88. The van der Waals surface area contributed by atoms with E-state index in [-0.39, 0.29) is 23.6 Å². The van der Waals surface area contributed by atoms with Gasteiger partial charge in [0.1, 0.15) is 11.6 Å². The van der Waals surface area contributed by atoms with E-state index >= 15 is 0 Å². The van der Waals surface area contributed by atoms with E-state index in [0.717, 1.165) is 61.9 Å². The van der Waals surface area contributed by atoms with Gasteiger partial charge in [0, 0.05) is 25.0 Å². The van der Waals surface area contributed by atoms with Crippen molar-refractivity contribution in [2.24, 2.45) is 5.92 Å². The zero-order valence-electron chi connectivity index (χ0n) is 20.5. The average molecular weight is 490 g/mol. The molecule has 0 atom stereocenters. The highest BCUT2D eigenvalue weighted by molar-refractivity contribution is 5.91. The zero-order chi connectivity index (χ0) is 25.2. The summed E-state index contributed by atoms with van der Waals surface area (Å²) in [6.07, 6.45) is 12.1. The Morgan fingerprint density at radius 2 is 1.61 bits per heavy atom. The first-order valence-electron chi connectivity index (χ1n) is 12.7. The smallest absolute Gasteiger partial charge is 0.243 e. The van der Waals surface area contributed by atoms with Gasteiger partial charge in [0.25, 0.3) is 0 Å². The van der Waals surface area contributed by atoms with E-state index in [1.165, 1.54) is 24.3 Å². The lowest BCUT2D eigenvalue weighted by Gasteiger charge is -2.38. The SMILES string of the molecule is O=C(/C=C\c1cccnc1)NCCCCC1CCN(C(c2ccc(F)cc2)c2ccc(F)cc2)CC1. The largest absolute Gasteiger partial charge is 0.353 e. The lowest BCUT2D eigenvalue weighted by Crippen LogP contribution is -2.37. The van der Waals surface area contributed by atoms with Crippen molar-refractivity contribution in [3.8, 4) is 0 Å². The molecule has 1 aromatic heterocycles. The highest BCUT2D eigenvalue weighted by Crippen LogP contribution is 2.33. The number of halogens is 2. The number of carbonyl (C=O) groups excluding carboxylic acids is 1. The molecule has 4 rings (SSSR count). The summed E-state index contributed by atoms with van der Waals surface area (Å²) in [6.45, 7) is 2.56. The van der Waals surface area contributed by atoms with Crippen molar-refractivity contribution < 1.29 is 13.6 Å². The van der Waals surface area contributed by atoms with Crippen LogP contribution in [0.2, 0.25) is 0 Å². The fraction of sp³-hybridized carbons (Fsp3) is 0.333. The number of pyridine rings is 1. The minimum absolute atomic E-state index is 0.0120. The molecule has 188 valence electrons. The summed E-state index contributed by atoms with van der Waals surface area (Å²) < 4.78 is 27.1. The third-order valence-electron chi connectivity index (χ3n) is 6.84. The van der Waals surface area contributed by atoms with Crippen LogP contribution in [0.25, 0.3) is 6.08 Å². The Labute approximate surface area is 212 Å². The van der Waals surface area contributed by atoms with Gasteiger partial charge < -0.3 is 5.32 Å². The fourth-order valence-corrected chi connectivity index (χ4v) is 4.88. The first kappa shape index (κ1) is 25.7. The maximum absolute atomic E-state index is 13.5. The Balaban J connectivity index is 1.21. The van der Waals surface area contributed by atoms with Crippen LogP contribution in [0, 0.1) is 17.6 Å². The van der Waals surface area contributed by atoms with Crippen molar-refractivity contribution in [3.63, 3.8) is 0 Å². The molecule has 36 heavy (non-hydrogen) atoms. The minimum Gasteiger partial charge on any atom is -0.353 e. The number of carbonyl (C=O) groups is 1. The van der Waals surface area contributed by atoms with Gasteiger partial charge in [0.2, 0.25) is 5.91 Å². The normalized spacial score (nSPS) is 15.0. The minimum atomic E-state index is -0.254. The average Bonchev–Trinajstić information content (AvgIpc) is 2.91. The van der Waals surface area contributed by atoms with Crippen molar-refractivity contribution in [1.82, 2.24) is 15.2 Å². The number of likely N-dealkylation sites (tertiary alicyclic amines) is 1. The van der Waals surface area contributed by atoms with Gasteiger partial charge in [-0.15, -0.1) is 0 Å². The van der Waals surface area contributed by atoms with Crippen LogP contribution in [-0.4, -0.2) is 35.4 Å². The van der Waals surface area contributed by atoms with E-state index in [1.807, 2.05) is 36.4 Å². The number of benzene rings is 2. The summed E-state index contributed by atoms with van der Waals surface area (Å²) in [4.78, 5) is 18.4. The van der Waals surface area contributed by atoms with Crippen LogP contribution in [-0.2, 0) is 4.79 Å². The van der Waals surface area contributed by atoms with E-state index in [2.05, 4.69) is 15.2 Å². The molecule has 1 saturated heterocycles. The number of piperidine rings is 1. The van der Waals surface area contributed by atoms with Gasteiger partial charge in [-0.2, -0.15) is 0 Å². The Kier molecular flexibility index (Phi) is 9.33. The first-order valence-corrected chi connectivity index (χ1v) is 12.7. The van der Waals surface area contributed by atoms with Crippen LogP contribution >= 0.6 is 0 Å². The molecule has 0 bridgehead atoms. The summed E-state index contributed by atoms with van der Waals surface area (Å²) in [6, 6.07) is 17.0. The van der Waals surface area contributed by atoms with E-state index in [4.69, 9.17) is 0 Å². The van der Waals surface area contributed by atoms with E-state index < -0.39 is 0 Å². The van der Waals surface area contributed by atoms with Crippen LogP contribution in [0.15, 0.2) is 79.1 Å². The second kappa shape index (κ2) is 13.1. The van der Waals surface area contributed by atoms with Gasteiger partial charge in [0.05, 0.1) is 6.04 Å². The number of nitrogens with zero attached hydrogens (tertiary/aromatic N) is 2. The molecule has 0 spiro atoms. The quantitative estimate of drug-likeness (QED) is 0.274. The standard InChI is InChI=1S/C30H33F2N3O/c31-27-11-7-25(8-12-27)30(26-9-13-28(32)14-10-26)35-20-16-23(17-21-35)4-1-2-19-34-29(36)15-6-24-5-3-18-33-22-24/h3,5-15,18,22-23,30H,1-2,4,16-17,19-21H2,(H,34,36)/b15-6-. The lowest BCUT2D eigenvalue weighted by atomic mass is 9.88. The molecule has 2 aromatic carbocycles. The molecule has 0 saturated carbocycles. The summed E-state index contributed by atoms with van der Waals surface area (Å²) in [5, 5.41) is 2.95. The van der Waals surface area contributed by atoms with Gasteiger partial charge in [-0.3, -0.25) is 14.7 Å². The van der Waals surface area contributed by atoms with Crippen molar-refractivity contribution in [2.75, 3.05) is 19.6 Å². The van der Waals surface area contributed by atoms with Crippen LogP contribution in [0.4, 0.5) is 8.78 Å².